The summed E-state index contributed by atoms with van der Waals surface area (Å²) in [6, 6.07) is 4.09. The van der Waals surface area contributed by atoms with Gasteiger partial charge in [0.2, 0.25) is 0 Å². The third kappa shape index (κ3) is 3.56. The fourth-order valence-corrected chi connectivity index (χ4v) is 4.86. The number of halogens is 2. The number of hydrogen-bond donors (Lipinski definition) is 1. The molecule has 2 aromatic heterocycles. The zero-order chi connectivity index (χ0) is 19.8. The van der Waals surface area contributed by atoms with Gasteiger partial charge in [0, 0.05) is 23.0 Å². The normalized spacial score (nSPS) is 17.1. The minimum Gasteiger partial charge on any atom is -0.356 e. The van der Waals surface area contributed by atoms with Crippen LogP contribution in [0.15, 0.2) is 24.5 Å². The summed E-state index contributed by atoms with van der Waals surface area (Å²) in [6.07, 6.45) is 3.82. The molecule has 5 nitrogen and oxygen atoms in total. The maximum atomic E-state index is 14.1. The van der Waals surface area contributed by atoms with Crippen LogP contribution >= 0.6 is 22.9 Å². The van der Waals surface area contributed by atoms with Crippen LogP contribution in [0.1, 0.15) is 35.0 Å². The van der Waals surface area contributed by atoms with Gasteiger partial charge < -0.3 is 10.2 Å². The number of carbonyl (C=O) groups is 1. The summed E-state index contributed by atoms with van der Waals surface area (Å²) in [4.78, 5) is 25.8. The third-order valence-corrected chi connectivity index (χ3v) is 6.25. The Morgan fingerprint density at radius 1 is 1.39 bits per heavy atom. The summed E-state index contributed by atoms with van der Waals surface area (Å²) in [5.41, 5.74) is 0.550. The second-order valence-corrected chi connectivity index (χ2v) is 8.82. The van der Waals surface area contributed by atoms with Gasteiger partial charge in [-0.2, -0.15) is 0 Å². The van der Waals surface area contributed by atoms with E-state index in [1.54, 1.807) is 6.33 Å². The highest BCUT2D eigenvalue weighted by Crippen LogP contribution is 2.37. The number of nitrogens with zero attached hydrogens (tertiary/aromatic N) is 3. The van der Waals surface area contributed by atoms with Gasteiger partial charge in [-0.3, -0.25) is 4.79 Å². The number of aryl methyl sites for hydroxylation is 1. The monoisotopic (exact) mass is 418 g/mol. The molecule has 1 aliphatic rings. The van der Waals surface area contributed by atoms with Crippen LogP contribution in [-0.2, 0) is 0 Å². The van der Waals surface area contributed by atoms with Gasteiger partial charge in [0.1, 0.15) is 22.8 Å². The Labute approximate surface area is 171 Å². The first-order valence-corrected chi connectivity index (χ1v) is 10.4. The summed E-state index contributed by atoms with van der Waals surface area (Å²) in [7, 11) is 0. The average Bonchev–Trinajstić information content (AvgIpc) is 3.00. The summed E-state index contributed by atoms with van der Waals surface area (Å²) < 4.78 is 14.1. The van der Waals surface area contributed by atoms with Crippen molar-refractivity contribution in [3.05, 3.63) is 45.8 Å². The van der Waals surface area contributed by atoms with Gasteiger partial charge in [-0.25, -0.2) is 14.4 Å². The van der Waals surface area contributed by atoms with E-state index in [0.29, 0.717) is 16.5 Å². The Bertz CT molecular complexity index is 1050. The molecule has 3 aromatic rings. The van der Waals surface area contributed by atoms with Crippen molar-refractivity contribution in [1.82, 2.24) is 9.97 Å². The Balaban J connectivity index is 1.77. The van der Waals surface area contributed by atoms with Gasteiger partial charge in [0.25, 0.3) is 5.91 Å². The molecule has 1 atom stereocenters. The highest BCUT2D eigenvalue weighted by Gasteiger charge is 2.26. The van der Waals surface area contributed by atoms with Crippen molar-refractivity contribution < 1.29 is 9.18 Å². The van der Waals surface area contributed by atoms with Crippen LogP contribution in [0.4, 0.5) is 15.9 Å². The van der Waals surface area contributed by atoms with E-state index < -0.39 is 5.82 Å². The van der Waals surface area contributed by atoms with Gasteiger partial charge in [-0.15, -0.1) is 11.3 Å². The molecule has 1 amide bonds. The predicted molar refractivity (Wildman–Crippen MR) is 112 cm³/mol. The number of carbonyl (C=O) groups excluding carboxylic acids is 1. The largest absolute Gasteiger partial charge is 0.356 e. The number of aromatic nitrogens is 2. The molecular weight excluding hydrogens is 399 g/mol. The topological polar surface area (TPSA) is 58.1 Å². The van der Waals surface area contributed by atoms with E-state index in [0.717, 1.165) is 40.4 Å². The number of amides is 1. The van der Waals surface area contributed by atoms with Crippen LogP contribution < -0.4 is 10.2 Å². The Morgan fingerprint density at radius 3 is 3.00 bits per heavy atom. The lowest BCUT2D eigenvalue weighted by Gasteiger charge is -2.32. The standard InChI is InChI=1S/C20H20ClFN4OS/c1-11-4-3-7-26(9-11)18-17-16(12(2)28-20(17)24-10-23-18)19(27)25-15-8-13(21)5-6-14(15)22/h5-6,8,10-11H,3-4,7,9H2,1-2H3,(H,25,27)/t11-/m1/s1. The molecule has 1 N–H and O–H groups in total. The molecule has 28 heavy (non-hydrogen) atoms. The molecule has 0 radical (unpaired) electrons. The molecule has 146 valence electrons. The van der Waals surface area contributed by atoms with Crippen molar-refractivity contribution in [3.63, 3.8) is 0 Å². The molecule has 0 aliphatic carbocycles. The predicted octanol–water partition coefficient (Wildman–Crippen LogP) is 5.28. The maximum absolute atomic E-state index is 14.1. The molecule has 1 aliphatic heterocycles. The summed E-state index contributed by atoms with van der Waals surface area (Å²) in [6.45, 7) is 5.89. The van der Waals surface area contributed by atoms with Crippen LogP contribution in [-0.4, -0.2) is 29.0 Å². The second kappa shape index (κ2) is 7.64. The first-order chi connectivity index (χ1) is 13.4. The van der Waals surface area contributed by atoms with E-state index in [4.69, 9.17) is 11.6 Å². The van der Waals surface area contributed by atoms with Gasteiger partial charge in [0.15, 0.2) is 0 Å². The van der Waals surface area contributed by atoms with E-state index in [1.165, 1.54) is 36.0 Å². The number of rotatable bonds is 3. The molecule has 8 heteroatoms. The lowest BCUT2D eigenvalue weighted by Crippen LogP contribution is -2.35. The van der Waals surface area contributed by atoms with Gasteiger partial charge >= 0.3 is 0 Å². The number of hydrogen-bond acceptors (Lipinski definition) is 5. The van der Waals surface area contributed by atoms with Gasteiger partial charge in [-0.05, 0) is 43.9 Å². The molecular formula is C20H20ClFN4OS. The zero-order valence-corrected chi connectivity index (χ0v) is 17.2. The molecule has 4 rings (SSSR count). The van der Waals surface area contributed by atoms with Crippen LogP contribution in [0.5, 0.6) is 0 Å². The van der Waals surface area contributed by atoms with Crippen LogP contribution in [0.25, 0.3) is 10.2 Å². The van der Waals surface area contributed by atoms with Crippen molar-refractivity contribution in [2.75, 3.05) is 23.3 Å². The average molecular weight is 419 g/mol. The maximum Gasteiger partial charge on any atom is 0.257 e. The second-order valence-electron chi connectivity index (χ2n) is 7.18. The summed E-state index contributed by atoms with van der Waals surface area (Å²) in [5.74, 6) is 0.427. The fourth-order valence-electron chi connectivity index (χ4n) is 3.70. The molecule has 0 bridgehead atoms. The fraction of sp³-hybridized carbons (Fsp3) is 0.350. The highest BCUT2D eigenvalue weighted by atomic mass is 35.5. The van der Waals surface area contributed by atoms with Crippen LogP contribution in [0.2, 0.25) is 5.02 Å². The van der Waals surface area contributed by atoms with E-state index in [2.05, 4.69) is 27.1 Å². The molecule has 0 unspecified atom stereocenters. The van der Waals surface area contributed by atoms with Crippen molar-refractivity contribution in [1.29, 1.82) is 0 Å². The van der Waals surface area contributed by atoms with Crippen molar-refractivity contribution in [3.8, 4) is 0 Å². The molecule has 1 fully saturated rings. The molecule has 0 saturated carbocycles. The Kier molecular flexibility index (Phi) is 5.21. The molecule has 1 saturated heterocycles. The highest BCUT2D eigenvalue weighted by molar-refractivity contribution is 7.19. The molecule has 3 heterocycles. The van der Waals surface area contributed by atoms with Gasteiger partial charge in [-0.1, -0.05) is 18.5 Å². The quantitative estimate of drug-likeness (QED) is 0.628. The van der Waals surface area contributed by atoms with Crippen LogP contribution in [0.3, 0.4) is 0 Å². The van der Waals surface area contributed by atoms with Crippen molar-refractivity contribution in [2.45, 2.75) is 26.7 Å². The number of benzene rings is 1. The summed E-state index contributed by atoms with van der Waals surface area (Å²) >= 11 is 7.39. The van der Waals surface area contributed by atoms with E-state index >= 15 is 0 Å². The lowest BCUT2D eigenvalue weighted by molar-refractivity contribution is 0.102. The van der Waals surface area contributed by atoms with Crippen LogP contribution in [0, 0.1) is 18.7 Å². The van der Waals surface area contributed by atoms with Crippen molar-refractivity contribution >= 4 is 50.6 Å². The van der Waals surface area contributed by atoms with E-state index in [9.17, 15) is 9.18 Å². The SMILES string of the molecule is Cc1sc2ncnc(N3CCC[C@@H](C)C3)c2c1C(=O)Nc1cc(Cl)ccc1F. The minimum atomic E-state index is -0.531. The van der Waals surface area contributed by atoms with Gasteiger partial charge in [0.05, 0.1) is 16.6 Å². The number of nitrogens with one attached hydrogen (secondary N) is 1. The molecule has 0 spiro atoms. The number of piperidine rings is 1. The van der Waals surface area contributed by atoms with Crippen molar-refractivity contribution in [2.24, 2.45) is 5.92 Å². The molecule has 1 aromatic carbocycles. The van der Waals surface area contributed by atoms with E-state index in [-0.39, 0.29) is 11.6 Å². The number of thiophene rings is 1. The first-order valence-electron chi connectivity index (χ1n) is 9.19. The smallest absolute Gasteiger partial charge is 0.257 e. The van der Waals surface area contributed by atoms with E-state index in [1.807, 2.05) is 6.92 Å². The minimum absolute atomic E-state index is 0.0567. The number of fused-ring (bicyclic) bond motifs is 1. The first kappa shape index (κ1) is 19.1. The zero-order valence-electron chi connectivity index (χ0n) is 15.6. The lowest BCUT2D eigenvalue weighted by atomic mass is 10.00. The summed E-state index contributed by atoms with van der Waals surface area (Å²) in [5, 5.41) is 3.75. The third-order valence-electron chi connectivity index (χ3n) is 5.00. The Hall–Kier alpha value is -2.25. The Morgan fingerprint density at radius 2 is 2.21 bits per heavy atom. The number of anilines is 2.